The molecule has 0 aromatic carbocycles. The average molecular weight is 261 g/mol. The zero-order valence-electron chi connectivity index (χ0n) is 9.94. The summed E-state index contributed by atoms with van der Waals surface area (Å²) in [5.74, 6) is -1.64. The first-order valence-electron chi connectivity index (χ1n) is 4.99. The predicted molar refractivity (Wildman–Crippen MR) is 62.4 cm³/mol. The van der Waals surface area contributed by atoms with Crippen molar-refractivity contribution < 1.29 is 23.9 Å². The van der Waals surface area contributed by atoms with Gasteiger partial charge in [0.2, 0.25) is 11.7 Å². The van der Waals surface area contributed by atoms with Gasteiger partial charge in [-0.3, -0.25) is 14.4 Å². The average Bonchev–Trinajstić information content (AvgIpc) is 2.23. The number of Topliss-reactive ketones (excluding diaryl/α,β-unsaturated/α-hetero) is 1. The highest BCUT2D eigenvalue weighted by Gasteiger charge is 2.23. The van der Waals surface area contributed by atoms with Gasteiger partial charge < -0.3 is 10.1 Å². The zero-order chi connectivity index (χ0) is 13.4. The van der Waals surface area contributed by atoms with Crippen molar-refractivity contribution >= 4 is 34.5 Å². The SMILES string of the molecule is CCOC(=O)[C@H](CSC(=O)C(C)=O)NC(C)=O. The van der Waals surface area contributed by atoms with E-state index in [4.69, 9.17) is 4.74 Å². The first kappa shape index (κ1) is 15.6. The summed E-state index contributed by atoms with van der Waals surface area (Å²) in [7, 11) is 0. The Kier molecular flexibility index (Phi) is 7.20. The number of thioether (sulfide) groups is 1. The maximum atomic E-state index is 11.4. The predicted octanol–water partition coefficient (Wildman–Crippen LogP) is -0.0970. The van der Waals surface area contributed by atoms with Gasteiger partial charge in [0.15, 0.2) is 0 Å². The Balaban J connectivity index is 4.38. The van der Waals surface area contributed by atoms with Crippen molar-refractivity contribution in [3.8, 4) is 0 Å². The van der Waals surface area contributed by atoms with Crippen LogP contribution in [-0.4, -0.2) is 41.2 Å². The first-order valence-corrected chi connectivity index (χ1v) is 5.98. The Labute approximate surface area is 103 Å². The van der Waals surface area contributed by atoms with E-state index < -0.39 is 28.8 Å². The van der Waals surface area contributed by atoms with Crippen LogP contribution in [0.4, 0.5) is 0 Å². The van der Waals surface area contributed by atoms with Crippen molar-refractivity contribution in [3.63, 3.8) is 0 Å². The maximum absolute atomic E-state index is 11.4. The lowest BCUT2D eigenvalue weighted by molar-refractivity contribution is -0.146. The van der Waals surface area contributed by atoms with Gasteiger partial charge in [-0.1, -0.05) is 11.8 Å². The summed E-state index contributed by atoms with van der Waals surface area (Å²) >= 11 is 0.685. The smallest absolute Gasteiger partial charge is 0.329 e. The second-order valence-electron chi connectivity index (χ2n) is 3.16. The van der Waals surface area contributed by atoms with Crippen molar-refractivity contribution in [1.29, 1.82) is 0 Å². The molecule has 17 heavy (non-hydrogen) atoms. The molecule has 0 saturated heterocycles. The molecule has 1 N–H and O–H groups in total. The van der Waals surface area contributed by atoms with E-state index in [2.05, 4.69) is 5.32 Å². The molecule has 0 unspecified atom stereocenters. The van der Waals surface area contributed by atoms with Crippen LogP contribution in [0.15, 0.2) is 0 Å². The fraction of sp³-hybridized carbons (Fsp3) is 0.600. The topological polar surface area (TPSA) is 89.5 Å². The Morgan fingerprint density at radius 1 is 1.24 bits per heavy atom. The summed E-state index contributed by atoms with van der Waals surface area (Å²) in [6, 6.07) is -0.916. The van der Waals surface area contributed by atoms with E-state index in [0.29, 0.717) is 11.8 Å². The number of carbonyl (C=O) groups excluding carboxylic acids is 4. The molecule has 1 atom stereocenters. The van der Waals surface area contributed by atoms with Crippen molar-refractivity contribution in [2.45, 2.75) is 26.8 Å². The summed E-state index contributed by atoms with van der Waals surface area (Å²) in [4.78, 5) is 44.0. The number of ether oxygens (including phenoxy) is 1. The molecule has 0 spiro atoms. The number of hydrogen-bond donors (Lipinski definition) is 1. The van der Waals surface area contributed by atoms with Crippen molar-refractivity contribution in [2.24, 2.45) is 0 Å². The Hall–Kier alpha value is -1.37. The minimum absolute atomic E-state index is 0.0170. The number of esters is 1. The zero-order valence-corrected chi connectivity index (χ0v) is 10.8. The fourth-order valence-electron chi connectivity index (χ4n) is 0.917. The molecular weight excluding hydrogens is 246 g/mol. The van der Waals surface area contributed by atoms with Gasteiger partial charge in [0.25, 0.3) is 5.12 Å². The van der Waals surface area contributed by atoms with Gasteiger partial charge in [-0.05, 0) is 6.92 Å². The normalized spacial score (nSPS) is 11.5. The van der Waals surface area contributed by atoms with E-state index in [-0.39, 0.29) is 12.4 Å². The Bertz CT molecular complexity index is 329. The summed E-state index contributed by atoms with van der Waals surface area (Å²) in [5.41, 5.74) is 0. The van der Waals surface area contributed by atoms with Crippen LogP contribution in [0.5, 0.6) is 0 Å². The van der Waals surface area contributed by atoms with Crippen LogP contribution in [0.1, 0.15) is 20.8 Å². The fourth-order valence-corrected chi connectivity index (χ4v) is 1.66. The van der Waals surface area contributed by atoms with Crippen molar-refractivity contribution in [2.75, 3.05) is 12.4 Å². The molecule has 96 valence electrons. The third-order valence-electron chi connectivity index (χ3n) is 1.62. The third-order valence-corrected chi connectivity index (χ3v) is 2.67. The molecule has 0 aliphatic heterocycles. The Morgan fingerprint density at radius 2 is 1.82 bits per heavy atom. The molecule has 0 aromatic heterocycles. The highest BCUT2D eigenvalue weighted by molar-refractivity contribution is 8.15. The third kappa shape index (κ3) is 6.72. The summed E-state index contributed by atoms with van der Waals surface area (Å²) in [6.07, 6.45) is 0. The van der Waals surface area contributed by atoms with Crippen LogP contribution in [0, 0.1) is 0 Å². The van der Waals surface area contributed by atoms with Gasteiger partial charge in [-0.25, -0.2) is 4.79 Å². The minimum Gasteiger partial charge on any atom is -0.464 e. The van der Waals surface area contributed by atoms with E-state index in [1.807, 2.05) is 0 Å². The lowest BCUT2D eigenvalue weighted by atomic mass is 10.3. The van der Waals surface area contributed by atoms with Crippen LogP contribution >= 0.6 is 11.8 Å². The number of amides is 1. The van der Waals surface area contributed by atoms with Gasteiger partial charge in [-0.15, -0.1) is 0 Å². The van der Waals surface area contributed by atoms with Crippen LogP contribution in [-0.2, 0) is 23.9 Å². The molecule has 0 saturated carbocycles. The number of carbonyl (C=O) groups is 4. The van der Waals surface area contributed by atoms with E-state index in [0.717, 1.165) is 6.92 Å². The highest BCUT2D eigenvalue weighted by atomic mass is 32.2. The van der Waals surface area contributed by atoms with E-state index >= 15 is 0 Å². The summed E-state index contributed by atoms with van der Waals surface area (Å²) in [5, 5.41) is 1.71. The minimum atomic E-state index is -0.916. The van der Waals surface area contributed by atoms with E-state index in [1.54, 1.807) is 6.92 Å². The van der Waals surface area contributed by atoms with Crippen LogP contribution in [0.25, 0.3) is 0 Å². The monoisotopic (exact) mass is 261 g/mol. The number of rotatable bonds is 6. The molecule has 0 fully saturated rings. The molecule has 0 radical (unpaired) electrons. The van der Waals surface area contributed by atoms with Crippen LogP contribution in [0.2, 0.25) is 0 Å². The standard InChI is InChI=1S/C10H15NO5S/c1-4-16-9(14)8(11-7(3)13)5-17-10(15)6(2)12/h8H,4-5H2,1-3H3,(H,11,13)/t8-/m0/s1. The number of hydrogen-bond acceptors (Lipinski definition) is 6. The molecule has 0 heterocycles. The van der Waals surface area contributed by atoms with Crippen LogP contribution < -0.4 is 5.32 Å². The van der Waals surface area contributed by atoms with Gasteiger partial charge in [-0.2, -0.15) is 0 Å². The van der Waals surface area contributed by atoms with Gasteiger partial charge in [0.1, 0.15) is 6.04 Å². The van der Waals surface area contributed by atoms with Crippen LogP contribution in [0.3, 0.4) is 0 Å². The lowest BCUT2D eigenvalue weighted by Gasteiger charge is -2.14. The van der Waals surface area contributed by atoms with E-state index in [9.17, 15) is 19.2 Å². The Morgan fingerprint density at radius 3 is 2.24 bits per heavy atom. The molecule has 0 bridgehead atoms. The molecule has 1 amide bonds. The summed E-state index contributed by atoms with van der Waals surface area (Å²) < 4.78 is 4.73. The maximum Gasteiger partial charge on any atom is 0.329 e. The second kappa shape index (κ2) is 7.83. The number of ketones is 1. The molecule has 7 heteroatoms. The molecule has 0 rings (SSSR count). The molecule has 0 aliphatic carbocycles. The van der Waals surface area contributed by atoms with Gasteiger partial charge in [0.05, 0.1) is 6.61 Å². The largest absolute Gasteiger partial charge is 0.464 e. The van der Waals surface area contributed by atoms with E-state index in [1.165, 1.54) is 6.92 Å². The van der Waals surface area contributed by atoms with Crippen molar-refractivity contribution in [3.05, 3.63) is 0 Å². The van der Waals surface area contributed by atoms with Gasteiger partial charge >= 0.3 is 5.97 Å². The van der Waals surface area contributed by atoms with Gasteiger partial charge in [0, 0.05) is 19.6 Å². The molecule has 0 aliphatic rings. The summed E-state index contributed by atoms with van der Waals surface area (Å²) in [6.45, 7) is 4.22. The van der Waals surface area contributed by atoms with Crippen molar-refractivity contribution in [1.82, 2.24) is 5.32 Å². The lowest BCUT2D eigenvalue weighted by Crippen LogP contribution is -2.43. The molecule has 0 aromatic rings. The second-order valence-corrected chi connectivity index (χ2v) is 4.15. The first-order chi connectivity index (χ1) is 7.88. The molecule has 6 nitrogen and oxygen atoms in total. The highest BCUT2D eigenvalue weighted by Crippen LogP contribution is 2.07. The number of nitrogens with one attached hydrogen (secondary N) is 1. The quantitative estimate of drug-likeness (QED) is 0.530. The molecular formula is C10H15NO5S.